The van der Waals surface area contributed by atoms with E-state index in [-0.39, 0.29) is 25.4 Å². The number of hydrogen-bond donors (Lipinski definition) is 4. The Hall–Kier alpha value is -0.880. The van der Waals surface area contributed by atoms with E-state index < -0.39 is 30.2 Å². The molecule has 1 fully saturated rings. The van der Waals surface area contributed by atoms with Crippen LogP contribution in [0.4, 0.5) is 0 Å². The van der Waals surface area contributed by atoms with Crippen LogP contribution in [0, 0.1) is 5.92 Å². The fourth-order valence-corrected chi connectivity index (χ4v) is 3.32. The number of aliphatic hydroxyl groups is 3. The van der Waals surface area contributed by atoms with Gasteiger partial charge in [-0.05, 0) is 55.5 Å². The molecule has 0 saturated carbocycles. The average molecular weight is 492 g/mol. The van der Waals surface area contributed by atoms with E-state index in [2.05, 4.69) is 30.5 Å². The summed E-state index contributed by atoms with van der Waals surface area (Å²) in [6.07, 6.45) is -0.930. The predicted octanol–water partition coefficient (Wildman–Crippen LogP) is 3.00. The lowest BCUT2D eigenvalue weighted by Gasteiger charge is -2.34. The number of rotatable bonds is 10. The van der Waals surface area contributed by atoms with Crippen LogP contribution < -0.4 is 0 Å². The molecule has 0 aromatic carbocycles. The number of aliphatic hydroxyl groups excluding tert-OH is 3. The number of aromatic nitrogens is 1. The molecule has 3 N–H and O–H groups in total. The quantitative estimate of drug-likeness (QED) is 0.222. The molecule has 0 bridgehead atoms. The van der Waals surface area contributed by atoms with Gasteiger partial charge in [0.1, 0.15) is 17.7 Å². The highest BCUT2D eigenvalue weighted by Crippen LogP contribution is 2.21. The van der Waals surface area contributed by atoms with Gasteiger partial charge in [0.2, 0.25) is 0 Å². The van der Waals surface area contributed by atoms with Gasteiger partial charge < -0.3 is 29.5 Å². The molecule has 1 aliphatic rings. The summed E-state index contributed by atoms with van der Waals surface area (Å²) in [5, 5.41) is 29.3. The predicted molar refractivity (Wildman–Crippen MR) is 126 cm³/mol. The lowest BCUT2D eigenvalue weighted by atomic mass is 10.0. The minimum atomic E-state index is -1.47. The van der Waals surface area contributed by atoms with Gasteiger partial charge in [0, 0.05) is 25.6 Å². The van der Waals surface area contributed by atoms with E-state index in [0.29, 0.717) is 18.9 Å². The number of carbonyl (C=O) groups is 1. The van der Waals surface area contributed by atoms with Crippen LogP contribution in [0.3, 0.4) is 0 Å². The Bertz CT molecular complexity index is 636. The Labute approximate surface area is 199 Å². The van der Waals surface area contributed by atoms with E-state index in [9.17, 15) is 20.1 Å². The van der Waals surface area contributed by atoms with E-state index in [1.54, 1.807) is 6.20 Å². The summed E-state index contributed by atoms with van der Waals surface area (Å²) < 4.78 is 16.0. The van der Waals surface area contributed by atoms with Crippen molar-refractivity contribution in [3.8, 4) is 0 Å². The third-order valence-corrected chi connectivity index (χ3v) is 5.79. The molecule has 2 rings (SSSR count). The van der Waals surface area contributed by atoms with Gasteiger partial charge in [-0.3, -0.25) is 4.79 Å². The van der Waals surface area contributed by atoms with Crippen LogP contribution in [0.1, 0.15) is 53.4 Å². The Balaban J connectivity index is 0.000000533. The average Bonchev–Trinajstić information content (AvgIpc) is 2.75. The van der Waals surface area contributed by atoms with E-state index >= 15 is 0 Å². The van der Waals surface area contributed by atoms with E-state index in [1.165, 1.54) is 10.8 Å². The van der Waals surface area contributed by atoms with Gasteiger partial charge in [0.05, 0.1) is 17.8 Å². The van der Waals surface area contributed by atoms with E-state index in [1.807, 2.05) is 32.0 Å². The van der Waals surface area contributed by atoms with Crippen LogP contribution in [0.2, 0.25) is 0 Å². The first kappa shape index (κ1) is 29.2. The molecule has 0 aliphatic carbocycles. The number of hydrogen-bond acceptors (Lipinski definition) is 10. The molecular weight excluding hydrogens is 454 g/mol. The van der Waals surface area contributed by atoms with Crippen molar-refractivity contribution in [1.29, 1.82) is 0 Å². The third-order valence-electron chi connectivity index (χ3n) is 4.80. The van der Waals surface area contributed by atoms with Gasteiger partial charge in [0.25, 0.3) is 0 Å². The monoisotopic (exact) mass is 491 g/mol. The number of carbonyl (C=O) groups excluding carboxylic acids is 1. The van der Waals surface area contributed by atoms with Gasteiger partial charge in [-0.25, -0.2) is 4.98 Å². The molecule has 1 aliphatic heterocycles. The molecule has 10 heteroatoms. The fourth-order valence-electron chi connectivity index (χ4n) is 2.74. The van der Waals surface area contributed by atoms with Gasteiger partial charge in [-0.2, -0.15) is 0 Å². The van der Waals surface area contributed by atoms with Crippen LogP contribution in [0.5, 0.6) is 0 Å². The highest BCUT2D eigenvalue weighted by Gasteiger charge is 2.36. The third kappa shape index (κ3) is 12.4. The molecule has 1 aromatic heterocycles. The largest absolute Gasteiger partial charge is 0.463 e. The lowest BCUT2D eigenvalue weighted by molar-refractivity contribution is -0.253. The summed E-state index contributed by atoms with van der Waals surface area (Å²) in [5.41, 5.74) is -0.397. The zero-order chi connectivity index (χ0) is 24.1. The van der Waals surface area contributed by atoms with Crippen LogP contribution >= 0.6 is 22.5 Å². The first-order valence-electron chi connectivity index (χ1n) is 10.8. The van der Waals surface area contributed by atoms with E-state index in [0.717, 1.165) is 11.4 Å². The maximum atomic E-state index is 11.8. The van der Waals surface area contributed by atoms with Crippen molar-refractivity contribution in [2.24, 2.45) is 5.92 Å². The first-order valence-corrected chi connectivity index (χ1v) is 12.6. The van der Waals surface area contributed by atoms with Crippen molar-refractivity contribution in [1.82, 2.24) is 4.98 Å². The van der Waals surface area contributed by atoms with E-state index in [4.69, 9.17) is 14.2 Å². The summed E-state index contributed by atoms with van der Waals surface area (Å²) >= 11 is 3.96. The number of esters is 1. The van der Waals surface area contributed by atoms with Crippen molar-refractivity contribution < 1.29 is 34.3 Å². The number of thiol groups is 1. The van der Waals surface area contributed by atoms with Gasteiger partial charge in [-0.1, -0.05) is 19.9 Å². The van der Waals surface area contributed by atoms with Crippen LogP contribution in [-0.4, -0.2) is 69.7 Å². The zero-order valence-corrected chi connectivity index (χ0v) is 20.9. The maximum Gasteiger partial charge on any atom is 0.305 e. The molecule has 0 amide bonds. The standard InChI is InChI=1S/C17H32O7.C5H5NS2/c1-11(2)6-8-23-17(3,4)7-5-14(19)22-10-12-9-13(18)15(20)16(21)24-12;7-8-5-3-1-2-4-6-5/h11-13,15-16,18,20-21H,5-10H2,1-4H3;1-4,7H. The highest BCUT2D eigenvalue weighted by molar-refractivity contribution is 8.68. The first-order chi connectivity index (χ1) is 15.0. The Morgan fingerprint density at radius 2 is 2.06 bits per heavy atom. The number of ether oxygens (including phenoxy) is 3. The Morgan fingerprint density at radius 1 is 1.34 bits per heavy atom. The van der Waals surface area contributed by atoms with Crippen LogP contribution in [0.25, 0.3) is 0 Å². The molecule has 4 atom stereocenters. The SMILES string of the molecule is CC(C)CCOC(C)(C)CCC(=O)OCC1CC(O)C(O)C(O)O1.SSc1ccccn1. The van der Waals surface area contributed by atoms with Gasteiger partial charge >= 0.3 is 5.97 Å². The van der Waals surface area contributed by atoms with Crippen molar-refractivity contribution in [3.05, 3.63) is 24.4 Å². The van der Waals surface area contributed by atoms with Crippen LogP contribution in [0.15, 0.2) is 29.4 Å². The molecule has 8 nitrogen and oxygen atoms in total. The molecule has 2 heterocycles. The normalized spacial score (nSPS) is 23.4. The second-order valence-corrected chi connectivity index (χ2v) is 9.82. The Kier molecular flexibility index (Phi) is 13.8. The highest BCUT2D eigenvalue weighted by atomic mass is 33.1. The summed E-state index contributed by atoms with van der Waals surface area (Å²) in [4.78, 5) is 15.8. The zero-order valence-electron chi connectivity index (χ0n) is 19.2. The smallest absolute Gasteiger partial charge is 0.305 e. The molecular formula is C22H37NO7S2. The molecule has 4 unspecified atom stereocenters. The summed E-state index contributed by atoms with van der Waals surface area (Å²) in [6, 6.07) is 5.73. The van der Waals surface area contributed by atoms with Crippen molar-refractivity contribution in [2.45, 2.75) is 88.6 Å². The maximum absolute atomic E-state index is 11.8. The summed E-state index contributed by atoms with van der Waals surface area (Å²) in [7, 11) is 1.35. The molecule has 184 valence electrons. The molecule has 1 saturated heterocycles. The number of pyridine rings is 1. The molecule has 0 radical (unpaired) electrons. The minimum absolute atomic E-state index is 0.0612. The van der Waals surface area contributed by atoms with Crippen molar-refractivity contribution in [2.75, 3.05) is 13.2 Å². The number of nitrogens with zero attached hydrogens (tertiary/aromatic N) is 1. The molecule has 1 aromatic rings. The van der Waals surface area contributed by atoms with Crippen molar-refractivity contribution in [3.63, 3.8) is 0 Å². The minimum Gasteiger partial charge on any atom is -0.463 e. The Morgan fingerprint density at radius 3 is 2.59 bits per heavy atom. The molecule has 0 spiro atoms. The van der Waals surface area contributed by atoms with Gasteiger partial charge in [0.15, 0.2) is 6.29 Å². The fraction of sp³-hybridized carbons (Fsp3) is 0.727. The molecule has 32 heavy (non-hydrogen) atoms. The summed E-state index contributed by atoms with van der Waals surface area (Å²) in [6.45, 7) is 8.75. The second-order valence-electron chi connectivity index (χ2n) is 8.68. The summed E-state index contributed by atoms with van der Waals surface area (Å²) in [5.74, 6) is 0.194. The van der Waals surface area contributed by atoms with Crippen molar-refractivity contribution >= 4 is 28.4 Å². The second kappa shape index (κ2) is 15.1. The van der Waals surface area contributed by atoms with Gasteiger partial charge in [-0.15, -0.1) is 11.7 Å². The topological polar surface area (TPSA) is 118 Å². The van der Waals surface area contributed by atoms with Crippen LogP contribution in [-0.2, 0) is 19.0 Å². The lowest BCUT2D eigenvalue weighted by Crippen LogP contribution is -2.49.